The predicted molar refractivity (Wildman–Crippen MR) is 147 cm³/mol. The molecule has 1 aliphatic rings. The summed E-state index contributed by atoms with van der Waals surface area (Å²) in [6, 6.07) is 12.5. The molecule has 0 bridgehead atoms. The smallest absolute Gasteiger partial charge is 0.338 e. The minimum Gasteiger partial charge on any atom is -0.494 e. The zero-order valence-corrected chi connectivity index (χ0v) is 22.7. The summed E-state index contributed by atoms with van der Waals surface area (Å²) in [5.74, 6) is 0.119. The standard InChI is InChI=1S/C28H29N3O7S/c1-4-5-14-37-22-12-8-20(9-13-22)25-24(27(33)38-16-15-36-3)18(2)29-28-30(25)26(32)23(39-28)17-19-6-10-21(11-7-19)31(34)35/h6-13,17,25H,4-5,14-16H2,1-3H3. The number of non-ortho nitro benzene ring substituents is 1. The molecule has 0 amide bonds. The van der Waals surface area contributed by atoms with E-state index >= 15 is 0 Å². The van der Waals surface area contributed by atoms with Crippen molar-refractivity contribution in [2.45, 2.75) is 32.7 Å². The number of esters is 1. The number of rotatable bonds is 11. The third-order valence-corrected chi connectivity index (χ3v) is 7.11. The molecule has 11 heteroatoms. The molecule has 10 nitrogen and oxygen atoms in total. The summed E-state index contributed by atoms with van der Waals surface area (Å²) in [6.45, 7) is 4.71. The molecule has 1 unspecified atom stereocenters. The number of hydrogen-bond acceptors (Lipinski definition) is 9. The van der Waals surface area contributed by atoms with Crippen LogP contribution in [0.2, 0.25) is 0 Å². The number of allylic oxidation sites excluding steroid dienone is 1. The minimum atomic E-state index is -0.764. The molecule has 3 aromatic rings. The average Bonchev–Trinajstić information content (AvgIpc) is 3.23. The lowest BCUT2D eigenvalue weighted by Gasteiger charge is -2.25. The van der Waals surface area contributed by atoms with Crippen molar-refractivity contribution in [1.29, 1.82) is 0 Å². The van der Waals surface area contributed by atoms with Gasteiger partial charge in [0, 0.05) is 19.2 Å². The van der Waals surface area contributed by atoms with E-state index in [1.54, 1.807) is 25.1 Å². The van der Waals surface area contributed by atoms with Crippen molar-refractivity contribution in [3.8, 4) is 5.75 Å². The van der Waals surface area contributed by atoms with E-state index in [0.29, 0.717) is 38.5 Å². The van der Waals surface area contributed by atoms with Crippen LogP contribution in [0.15, 0.2) is 69.6 Å². The predicted octanol–water partition coefficient (Wildman–Crippen LogP) is 3.51. The Morgan fingerprint density at radius 3 is 2.49 bits per heavy atom. The quantitative estimate of drug-likeness (QED) is 0.155. The van der Waals surface area contributed by atoms with Gasteiger partial charge in [0.2, 0.25) is 0 Å². The number of aromatic nitrogens is 1. The first kappa shape index (κ1) is 27.9. The largest absolute Gasteiger partial charge is 0.494 e. The molecule has 2 heterocycles. The minimum absolute atomic E-state index is 0.0389. The Hall–Kier alpha value is -4.09. The van der Waals surface area contributed by atoms with Gasteiger partial charge in [0.1, 0.15) is 12.4 Å². The van der Waals surface area contributed by atoms with Crippen LogP contribution in [-0.4, -0.2) is 42.4 Å². The number of carbonyl (C=O) groups is 1. The molecule has 0 radical (unpaired) electrons. The van der Waals surface area contributed by atoms with Gasteiger partial charge >= 0.3 is 5.97 Å². The molecular weight excluding hydrogens is 522 g/mol. The van der Waals surface area contributed by atoms with Gasteiger partial charge < -0.3 is 14.2 Å². The molecular formula is C28H29N3O7S. The van der Waals surface area contributed by atoms with Gasteiger partial charge in [0.15, 0.2) is 4.80 Å². The van der Waals surface area contributed by atoms with Crippen LogP contribution in [0.5, 0.6) is 5.75 Å². The second kappa shape index (κ2) is 12.6. The first-order valence-electron chi connectivity index (χ1n) is 12.5. The van der Waals surface area contributed by atoms with Gasteiger partial charge in [-0.1, -0.05) is 36.8 Å². The second-order valence-electron chi connectivity index (χ2n) is 8.83. The summed E-state index contributed by atoms with van der Waals surface area (Å²) >= 11 is 1.18. The Morgan fingerprint density at radius 2 is 1.85 bits per heavy atom. The number of unbranched alkanes of at least 4 members (excludes halogenated alkanes) is 1. The zero-order chi connectivity index (χ0) is 27.9. The van der Waals surface area contributed by atoms with Crippen LogP contribution in [-0.2, 0) is 14.3 Å². The van der Waals surface area contributed by atoms with Gasteiger partial charge in [-0.2, -0.15) is 0 Å². The molecule has 0 saturated carbocycles. The van der Waals surface area contributed by atoms with Crippen molar-refractivity contribution < 1.29 is 23.9 Å². The van der Waals surface area contributed by atoms with E-state index < -0.39 is 16.9 Å². The van der Waals surface area contributed by atoms with Crippen molar-refractivity contribution in [3.05, 3.63) is 101 Å². The summed E-state index contributed by atoms with van der Waals surface area (Å²) in [5, 5.41) is 11.0. The number of thiazole rings is 1. The summed E-state index contributed by atoms with van der Waals surface area (Å²) < 4.78 is 18.1. The Morgan fingerprint density at radius 1 is 1.13 bits per heavy atom. The number of nitrogens with zero attached hydrogens (tertiary/aromatic N) is 3. The number of carbonyl (C=O) groups excluding carboxylic acids is 1. The molecule has 1 aromatic heterocycles. The van der Waals surface area contributed by atoms with Crippen molar-refractivity contribution in [2.75, 3.05) is 26.9 Å². The van der Waals surface area contributed by atoms with Crippen LogP contribution in [0.1, 0.15) is 43.9 Å². The first-order valence-corrected chi connectivity index (χ1v) is 13.3. The number of nitro benzene ring substituents is 1. The summed E-state index contributed by atoms with van der Waals surface area (Å²) in [6.07, 6.45) is 3.61. The molecule has 0 spiro atoms. The fourth-order valence-electron chi connectivity index (χ4n) is 4.12. The third-order valence-electron chi connectivity index (χ3n) is 6.13. The van der Waals surface area contributed by atoms with E-state index in [0.717, 1.165) is 12.8 Å². The number of hydrogen-bond donors (Lipinski definition) is 0. The molecule has 2 aromatic carbocycles. The first-order chi connectivity index (χ1) is 18.8. The van der Waals surface area contributed by atoms with Gasteiger partial charge in [0.25, 0.3) is 11.2 Å². The monoisotopic (exact) mass is 551 g/mol. The molecule has 1 atom stereocenters. The highest BCUT2D eigenvalue weighted by molar-refractivity contribution is 7.07. The normalized spacial score (nSPS) is 15.1. The maximum Gasteiger partial charge on any atom is 0.338 e. The fourth-order valence-corrected chi connectivity index (χ4v) is 5.16. The Bertz CT molecular complexity index is 1550. The molecule has 0 saturated heterocycles. The van der Waals surface area contributed by atoms with E-state index in [9.17, 15) is 19.7 Å². The average molecular weight is 552 g/mol. The van der Waals surface area contributed by atoms with Crippen molar-refractivity contribution in [3.63, 3.8) is 0 Å². The van der Waals surface area contributed by atoms with E-state index in [-0.39, 0.29) is 30.0 Å². The Balaban J connectivity index is 1.79. The molecule has 0 aliphatic carbocycles. The van der Waals surface area contributed by atoms with Crippen LogP contribution in [0.3, 0.4) is 0 Å². The van der Waals surface area contributed by atoms with Gasteiger partial charge in [-0.15, -0.1) is 0 Å². The lowest BCUT2D eigenvalue weighted by atomic mass is 9.96. The number of ether oxygens (including phenoxy) is 3. The summed E-state index contributed by atoms with van der Waals surface area (Å²) in [4.78, 5) is 42.5. The van der Waals surface area contributed by atoms with Crippen molar-refractivity contribution >= 4 is 29.1 Å². The second-order valence-corrected chi connectivity index (χ2v) is 9.84. The van der Waals surface area contributed by atoms with Crippen LogP contribution in [0.4, 0.5) is 5.69 Å². The Kier molecular flexibility index (Phi) is 9.05. The summed E-state index contributed by atoms with van der Waals surface area (Å²) in [7, 11) is 1.52. The van der Waals surface area contributed by atoms with Gasteiger partial charge in [-0.3, -0.25) is 19.5 Å². The zero-order valence-electron chi connectivity index (χ0n) is 21.9. The maximum absolute atomic E-state index is 13.7. The highest BCUT2D eigenvalue weighted by atomic mass is 32.1. The number of methoxy groups -OCH3 is 1. The van der Waals surface area contributed by atoms with E-state index in [2.05, 4.69) is 11.9 Å². The highest BCUT2D eigenvalue weighted by Gasteiger charge is 2.33. The third kappa shape index (κ3) is 6.32. The van der Waals surface area contributed by atoms with Crippen molar-refractivity contribution in [1.82, 2.24) is 4.57 Å². The van der Waals surface area contributed by atoms with Crippen LogP contribution in [0.25, 0.3) is 6.08 Å². The van der Waals surface area contributed by atoms with Crippen LogP contribution >= 0.6 is 11.3 Å². The molecule has 0 N–H and O–H groups in total. The lowest BCUT2D eigenvalue weighted by Crippen LogP contribution is -2.40. The SMILES string of the molecule is CCCCOc1ccc(C2C(C(=O)OCCOC)=C(C)N=c3sc(=Cc4ccc([N+](=O)[O-])cc4)c(=O)n32)cc1. The molecule has 204 valence electrons. The highest BCUT2D eigenvalue weighted by Crippen LogP contribution is 2.31. The van der Waals surface area contributed by atoms with Gasteiger partial charge in [-0.05, 0) is 54.8 Å². The van der Waals surface area contributed by atoms with Gasteiger partial charge in [0.05, 0.1) is 40.0 Å². The molecule has 1 aliphatic heterocycles. The molecule has 4 rings (SSSR count). The number of fused-ring (bicyclic) bond motifs is 1. The molecule has 0 fully saturated rings. The summed E-state index contributed by atoms with van der Waals surface area (Å²) in [5.41, 5.74) is 1.68. The van der Waals surface area contributed by atoms with Gasteiger partial charge in [-0.25, -0.2) is 9.79 Å². The van der Waals surface area contributed by atoms with Crippen LogP contribution < -0.4 is 19.6 Å². The topological polar surface area (TPSA) is 122 Å². The fraction of sp³-hybridized carbons (Fsp3) is 0.321. The van der Waals surface area contributed by atoms with Crippen LogP contribution in [0, 0.1) is 10.1 Å². The number of benzene rings is 2. The molecule has 39 heavy (non-hydrogen) atoms. The van der Waals surface area contributed by atoms with E-state index in [1.807, 2.05) is 24.3 Å². The van der Waals surface area contributed by atoms with Crippen molar-refractivity contribution in [2.24, 2.45) is 4.99 Å². The number of nitro groups is 1. The maximum atomic E-state index is 13.7. The van der Waals surface area contributed by atoms with E-state index in [4.69, 9.17) is 14.2 Å². The lowest BCUT2D eigenvalue weighted by molar-refractivity contribution is -0.384. The Labute approximate surface area is 228 Å². The van der Waals surface area contributed by atoms with E-state index in [1.165, 1.54) is 35.1 Å².